The lowest BCUT2D eigenvalue weighted by Crippen LogP contribution is -2.35. The van der Waals surface area contributed by atoms with Crippen LogP contribution in [-0.4, -0.2) is 46.8 Å². The molecule has 154 valence electrons. The molecule has 0 radical (unpaired) electrons. The first-order valence-electron chi connectivity index (χ1n) is 10.5. The third kappa shape index (κ3) is 2.63. The molecule has 0 aliphatic carbocycles. The fourth-order valence-corrected chi connectivity index (χ4v) is 4.69. The van der Waals surface area contributed by atoms with Crippen molar-refractivity contribution in [2.24, 2.45) is 0 Å². The Morgan fingerprint density at radius 1 is 1.23 bits per heavy atom. The van der Waals surface area contributed by atoms with Crippen molar-refractivity contribution in [1.82, 2.24) is 39.0 Å². The third-order valence-electron chi connectivity index (χ3n) is 6.21. The van der Waals surface area contributed by atoms with Gasteiger partial charge < -0.3 is 10.6 Å². The highest BCUT2D eigenvalue weighted by Crippen LogP contribution is 2.29. The zero-order chi connectivity index (χ0) is 20.2. The summed E-state index contributed by atoms with van der Waals surface area (Å²) in [6.45, 7) is 4.59. The second-order valence-electron chi connectivity index (χ2n) is 8.11. The smallest absolute Gasteiger partial charge is 0.322 e. The Morgan fingerprint density at radius 3 is 2.97 bits per heavy atom. The number of pyridine rings is 1. The van der Waals surface area contributed by atoms with E-state index in [1.807, 2.05) is 28.3 Å². The van der Waals surface area contributed by atoms with Crippen LogP contribution in [0.5, 0.6) is 0 Å². The van der Waals surface area contributed by atoms with E-state index in [-0.39, 0.29) is 11.7 Å². The van der Waals surface area contributed by atoms with Gasteiger partial charge in [-0.3, -0.25) is 9.13 Å². The highest BCUT2D eigenvalue weighted by Gasteiger charge is 2.27. The van der Waals surface area contributed by atoms with Gasteiger partial charge in [0.15, 0.2) is 11.3 Å². The fraction of sp³-hybridized carbons (Fsp3) is 0.450. The lowest BCUT2D eigenvalue weighted by molar-refractivity contribution is 0.363. The summed E-state index contributed by atoms with van der Waals surface area (Å²) in [4.78, 5) is 27.1. The summed E-state index contributed by atoms with van der Waals surface area (Å²) in [5.41, 5.74) is 5.33. The first-order chi connectivity index (χ1) is 14.7. The molecule has 1 fully saturated rings. The van der Waals surface area contributed by atoms with E-state index in [0.29, 0.717) is 5.95 Å². The van der Waals surface area contributed by atoms with Gasteiger partial charge in [-0.05, 0) is 57.3 Å². The predicted octanol–water partition coefficient (Wildman–Crippen LogP) is 1.56. The van der Waals surface area contributed by atoms with Crippen LogP contribution in [-0.2, 0) is 13.0 Å². The molecule has 0 saturated carbocycles. The van der Waals surface area contributed by atoms with E-state index in [1.165, 1.54) is 6.33 Å². The second-order valence-corrected chi connectivity index (χ2v) is 8.11. The molecule has 2 aliphatic rings. The van der Waals surface area contributed by atoms with E-state index in [0.717, 1.165) is 79.1 Å². The number of nitrogens with zero attached hydrogens (tertiary/aromatic N) is 7. The number of aromatic nitrogens is 7. The van der Waals surface area contributed by atoms with Crippen LogP contribution in [0, 0.1) is 6.92 Å². The Bertz CT molecular complexity index is 1330. The summed E-state index contributed by atoms with van der Waals surface area (Å²) < 4.78 is 5.50. The summed E-state index contributed by atoms with van der Waals surface area (Å²) in [6, 6.07) is 2.14. The van der Waals surface area contributed by atoms with Crippen molar-refractivity contribution in [3.63, 3.8) is 0 Å². The molecule has 0 spiro atoms. The van der Waals surface area contributed by atoms with E-state index in [9.17, 15) is 4.79 Å². The van der Waals surface area contributed by atoms with Crippen molar-refractivity contribution < 1.29 is 0 Å². The Kier molecular flexibility index (Phi) is 3.88. The van der Waals surface area contributed by atoms with Crippen molar-refractivity contribution in [2.75, 3.05) is 18.4 Å². The molecule has 6 rings (SSSR count). The van der Waals surface area contributed by atoms with Crippen LogP contribution in [0.15, 0.2) is 23.4 Å². The Balaban J connectivity index is 1.50. The van der Waals surface area contributed by atoms with Gasteiger partial charge in [-0.1, -0.05) is 0 Å². The average molecular weight is 405 g/mol. The van der Waals surface area contributed by atoms with Crippen LogP contribution >= 0.6 is 0 Å². The SMILES string of the molecule is Cc1cc2ncnn2cc1Nc1nc2c3c(n1)n(C1CCNCC1)c(=O)n3CCC2. The van der Waals surface area contributed by atoms with Crippen LogP contribution < -0.4 is 16.3 Å². The maximum Gasteiger partial charge on any atom is 0.330 e. The van der Waals surface area contributed by atoms with Crippen molar-refractivity contribution >= 4 is 28.4 Å². The van der Waals surface area contributed by atoms with Gasteiger partial charge in [0.05, 0.1) is 17.6 Å². The molecule has 2 aliphatic heterocycles. The minimum absolute atomic E-state index is 0.0458. The molecular weight excluding hydrogens is 382 g/mol. The third-order valence-corrected chi connectivity index (χ3v) is 6.21. The molecule has 6 heterocycles. The highest BCUT2D eigenvalue weighted by molar-refractivity contribution is 5.77. The maximum atomic E-state index is 13.2. The van der Waals surface area contributed by atoms with Gasteiger partial charge >= 0.3 is 5.69 Å². The molecular formula is C20H23N9O. The van der Waals surface area contributed by atoms with Gasteiger partial charge in [-0.2, -0.15) is 10.1 Å². The van der Waals surface area contributed by atoms with Crippen molar-refractivity contribution in [1.29, 1.82) is 0 Å². The number of hydrogen-bond acceptors (Lipinski definition) is 7. The summed E-state index contributed by atoms with van der Waals surface area (Å²) in [5.74, 6) is 0.516. The molecule has 0 atom stereocenters. The molecule has 0 bridgehead atoms. The van der Waals surface area contributed by atoms with E-state index in [1.54, 1.807) is 4.52 Å². The first-order valence-corrected chi connectivity index (χ1v) is 10.5. The van der Waals surface area contributed by atoms with Gasteiger partial charge in [-0.15, -0.1) is 0 Å². The van der Waals surface area contributed by atoms with Gasteiger partial charge in [0.25, 0.3) is 0 Å². The highest BCUT2D eigenvalue weighted by atomic mass is 16.1. The van der Waals surface area contributed by atoms with Crippen molar-refractivity contribution in [3.8, 4) is 0 Å². The van der Waals surface area contributed by atoms with Crippen LogP contribution in [0.4, 0.5) is 11.6 Å². The van der Waals surface area contributed by atoms with E-state index >= 15 is 0 Å². The number of hydrogen-bond donors (Lipinski definition) is 2. The van der Waals surface area contributed by atoms with Crippen LogP contribution in [0.2, 0.25) is 0 Å². The van der Waals surface area contributed by atoms with Gasteiger partial charge in [0.2, 0.25) is 5.95 Å². The summed E-state index contributed by atoms with van der Waals surface area (Å²) >= 11 is 0. The standard InChI is InChI=1S/C20H23N9O/c1-12-9-16-22-11-23-28(16)10-15(12)25-19-24-14-3-2-8-27-17(14)18(26-19)29(20(27)30)13-4-6-21-7-5-13/h9-11,13,21H,2-8H2,1H3,(H,24,25,26). The van der Waals surface area contributed by atoms with Crippen LogP contribution in [0.25, 0.3) is 16.8 Å². The van der Waals surface area contributed by atoms with Gasteiger partial charge in [0, 0.05) is 12.6 Å². The quantitative estimate of drug-likeness (QED) is 0.533. The average Bonchev–Trinajstić information content (AvgIpc) is 3.32. The number of fused-ring (bicyclic) bond motifs is 1. The first kappa shape index (κ1) is 17.6. The molecule has 10 nitrogen and oxygen atoms in total. The van der Waals surface area contributed by atoms with Crippen LogP contribution in [0.3, 0.4) is 0 Å². The van der Waals surface area contributed by atoms with Crippen molar-refractivity contribution in [3.05, 3.63) is 40.3 Å². The minimum Gasteiger partial charge on any atom is -0.322 e. The molecule has 30 heavy (non-hydrogen) atoms. The summed E-state index contributed by atoms with van der Waals surface area (Å²) in [5, 5.41) is 10.9. The maximum absolute atomic E-state index is 13.2. The van der Waals surface area contributed by atoms with Crippen LogP contribution in [0.1, 0.15) is 36.6 Å². The molecule has 4 aromatic rings. The lowest BCUT2D eigenvalue weighted by Gasteiger charge is -2.23. The van der Waals surface area contributed by atoms with Crippen molar-refractivity contribution in [2.45, 2.75) is 45.2 Å². The number of aryl methyl sites for hydroxylation is 3. The van der Waals surface area contributed by atoms with E-state index in [2.05, 4.69) is 20.7 Å². The topological polar surface area (TPSA) is 107 Å². The number of piperidine rings is 1. The lowest BCUT2D eigenvalue weighted by atomic mass is 10.1. The normalized spacial score (nSPS) is 17.1. The number of anilines is 2. The molecule has 0 aromatic carbocycles. The molecule has 2 N–H and O–H groups in total. The Morgan fingerprint density at radius 2 is 2.10 bits per heavy atom. The monoisotopic (exact) mass is 405 g/mol. The predicted molar refractivity (Wildman–Crippen MR) is 112 cm³/mol. The molecule has 1 saturated heterocycles. The summed E-state index contributed by atoms with van der Waals surface area (Å²) in [6.07, 6.45) is 7.06. The minimum atomic E-state index is 0.0458. The molecule has 0 amide bonds. The number of imidazole rings is 1. The molecule has 0 unspecified atom stereocenters. The number of nitrogens with one attached hydrogen (secondary N) is 2. The summed E-state index contributed by atoms with van der Waals surface area (Å²) in [7, 11) is 0. The Labute approximate surface area is 172 Å². The van der Waals surface area contributed by atoms with E-state index in [4.69, 9.17) is 9.97 Å². The molecule has 10 heteroatoms. The zero-order valence-electron chi connectivity index (χ0n) is 16.8. The Hall–Kier alpha value is -3.27. The largest absolute Gasteiger partial charge is 0.330 e. The van der Waals surface area contributed by atoms with Gasteiger partial charge in [-0.25, -0.2) is 19.3 Å². The zero-order valence-corrected chi connectivity index (χ0v) is 16.8. The number of rotatable bonds is 3. The fourth-order valence-electron chi connectivity index (χ4n) is 4.69. The second kappa shape index (κ2) is 6.63. The van der Waals surface area contributed by atoms with Gasteiger partial charge in [0.1, 0.15) is 11.8 Å². The van der Waals surface area contributed by atoms with E-state index < -0.39 is 0 Å². The molecule has 4 aromatic heterocycles.